The van der Waals surface area contributed by atoms with Crippen molar-refractivity contribution in [3.05, 3.63) is 59.2 Å². The molecule has 1 saturated heterocycles. The topological polar surface area (TPSA) is 49.4 Å². The van der Waals surface area contributed by atoms with Crippen LogP contribution < -0.4 is 10.2 Å². The summed E-state index contributed by atoms with van der Waals surface area (Å²) in [5, 5.41) is 2.53. The molecule has 0 aliphatic carbocycles. The number of benzene rings is 2. The van der Waals surface area contributed by atoms with Gasteiger partial charge in [-0.05, 0) is 42.2 Å². The van der Waals surface area contributed by atoms with Crippen LogP contribution in [0.1, 0.15) is 37.0 Å². The molecule has 0 aromatic heterocycles. The number of nitrogens with zero attached hydrogens (tertiary/aromatic N) is 1. The third-order valence-corrected chi connectivity index (χ3v) is 5.19. The fraction of sp³-hybridized carbons (Fsp3) is 0.364. The van der Waals surface area contributed by atoms with E-state index in [2.05, 4.69) is 5.32 Å². The molecule has 1 atom stereocenters. The third-order valence-electron chi connectivity index (χ3n) is 5.19. The number of halogens is 3. The second-order valence-corrected chi connectivity index (χ2v) is 7.11. The molecular formula is C22H23F3N2O2. The van der Waals surface area contributed by atoms with Gasteiger partial charge >= 0.3 is 6.18 Å². The van der Waals surface area contributed by atoms with E-state index in [1.54, 1.807) is 4.90 Å². The van der Waals surface area contributed by atoms with E-state index < -0.39 is 23.6 Å². The van der Waals surface area contributed by atoms with E-state index in [0.29, 0.717) is 0 Å². The van der Waals surface area contributed by atoms with Crippen LogP contribution in [0.5, 0.6) is 0 Å². The molecule has 3 rings (SSSR count). The summed E-state index contributed by atoms with van der Waals surface area (Å²) in [6, 6.07) is 10.4. The lowest BCUT2D eigenvalue weighted by molar-refractivity contribution is -0.137. The van der Waals surface area contributed by atoms with Gasteiger partial charge in [0, 0.05) is 24.3 Å². The Hall–Kier alpha value is -2.83. The fourth-order valence-electron chi connectivity index (χ4n) is 3.68. The summed E-state index contributed by atoms with van der Waals surface area (Å²) in [4.78, 5) is 26.9. The molecule has 1 aliphatic rings. The smallest absolute Gasteiger partial charge is 0.326 e. The summed E-state index contributed by atoms with van der Waals surface area (Å²) < 4.78 is 38.6. The molecule has 2 aromatic rings. The van der Waals surface area contributed by atoms with Crippen LogP contribution in [-0.4, -0.2) is 18.4 Å². The zero-order chi connectivity index (χ0) is 21.2. The van der Waals surface area contributed by atoms with Gasteiger partial charge < -0.3 is 10.2 Å². The first-order valence-electron chi connectivity index (χ1n) is 9.63. The lowest BCUT2D eigenvalue weighted by Gasteiger charge is -2.23. The number of anilines is 2. The molecule has 1 fully saturated rings. The Labute approximate surface area is 167 Å². The Bertz CT molecular complexity index is 902. The Kier molecular flexibility index (Phi) is 5.96. The summed E-state index contributed by atoms with van der Waals surface area (Å²) in [6.45, 7) is 4.24. The second-order valence-electron chi connectivity index (χ2n) is 7.11. The number of nitrogens with one attached hydrogen (secondary N) is 1. The van der Waals surface area contributed by atoms with Crippen molar-refractivity contribution in [1.29, 1.82) is 0 Å². The minimum atomic E-state index is -4.48. The Morgan fingerprint density at radius 3 is 2.31 bits per heavy atom. The Morgan fingerprint density at radius 1 is 1.10 bits per heavy atom. The molecule has 4 nitrogen and oxygen atoms in total. The van der Waals surface area contributed by atoms with Crippen molar-refractivity contribution in [1.82, 2.24) is 0 Å². The van der Waals surface area contributed by atoms with Gasteiger partial charge in [0.1, 0.15) is 0 Å². The van der Waals surface area contributed by atoms with Crippen molar-refractivity contribution in [2.75, 3.05) is 16.8 Å². The average Bonchev–Trinajstić information content (AvgIpc) is 3.08. The van der Waals surface area contributed by atoms with E-state index >= 15 is 0 Å². The van der Waals surface area contributed by atoms with Crippen LogP contribution in [0.4, 0.5) is 24.5 Å². The van der Waals surface area contributed by atoms with E-state index in [1.165, 1.54) is 12.1 Å². The van der Waals surface area contributed by atoms with Crippen LogP contribution in [0.3, 0.4) is 0 Å². The van der Waals surface area contributed by atoms with Crippen molar-refractivity contribution in [3.63, 3.8) is 0 Å². The van der Waals surface area contributed by atoms with E-state index in [0.717, 1.165) is 41.8 Å². The van der Waals surface area contributed by atoms with Crippen molar-refractivity contribution in [3.8, 4) is 0 Å². The van der Waals surface area contributed by atoms with E-state index in [4.69, 9.17) is 0 Å². The minimum absolute atomic E-state index is 0.0337. The molecule has 1 heterocycles. The van der Waals surface area contributed by atoms with Crippen LogP contribution in [0.2, 0.25) is 0 Å². The number of para-hydroxylation sites is 1. The molecule has 154 valence electrons. The number of amides is 2. The molecule has 1 N–H and O–H groups in total. The predicted molar refractivity (Wildman–Crippen MR) is 106 cm³/mol. The maximum absolute atomic E-state index is 12.9. The average molecular weight is 404 g/mol. The minimum Gasteiger partial charge on any atom is -0.326 e. The molecule has 0 saturated carbocycles. The van der Waals surface area contributed by atoms with Crippen LogP contribution in [0.15, 0.2) is 42.5 Å². The number of aryl methyl sites for hydroxylation is 2. The summed E-state index contributed by atoms with van der Waals surface area (Å²) in [5.41, 5.74) is 2.17. The molecule has 1 aliphatic heterocycles. The van der Waals surface area contributed by atoms with Gasteiger partial charge in [0.25, 0.3) is 0 Å². The van der Waals surface area contributed by atoms with Crippen molar-refractivity contribution in [2.24, 2.45) is 5.92 Å². The number of carbonyl (C=O) groups excluding carboxylic acids is 2. The molecule has 0 bridgehead atoms. The van der Waals surface area contributed by atoms with Crippen molar-refractivity contribution < 1.29 is 22.8 Å². The SMILES string of the molecule is CCc1cccc(CC)c1N1C[C@@H](C(=O)Nc2cccc(C(F)(F)F)c2)CC1=O. The first kappa shape index (κ1) is 20.9. The van der Waals surface area contributed by atoms with Crippen LogP contribution in [0, 0.1) is 5.92 Å². The zero-order valence-electron chi connectivity index (χ0n) is 16.3. The number of rotatable bonds is 5. The lowest BCUT2D eigenvalue weighted by atomic mass is 10.0. The standard InChI is InChI=1S/C22H23F3N2O2/c1-3-14-7-5-8-15(4-2)20(14)27-13-16(11-19(27)28)21(29)26-18-10-6-9-17(12-18)22(23,24)25/h5-10,12,16H,3-4,11,13H2,1-2H3,(H,26,29)/t16-/m0/s1. The highest BCUT2D eigenvalue weighted by atomic mass is 19.4. The number of alkyl halides is 3. The van der Waals surface area contributed by atoms with Crippen LogP contribution >= 0.6 is 0 Å². The van der Waals surface area contributed by atoms with E-state index in [9.17, 15) is 22.8 Å². The zero-order valence-corrected chi connectivity index (χ0v) is 16.3. The fourth-order valence-corrected chi connectivity index (χ4v) is 3.68. The number of carbonyl (C=O) groups is 2. The van der Waals surface area contributed by atoms with Crippen molar-refractivity contribution >= 4 is 23.2 Å². The predicted octanol–water partition coefficient (Wildman–Crippen LogP) is 4.82. The molecule has 7 heteroatoms. The van der Waals surface area contributed by atoms with Gasteiger partial charge in [-0.3, -0.25) is 9.59 Å². The van der Waals surface area contributed by atoms with Gasteiger partial charge in [-0.25, -0.2) is 0 Å². The number of hydrogen-bond donors (Lipinski definition) is 1. The Balaban J connectivity index is 1.78. The van der Waals surface area contributed by atoms with Gasteiger partial charge in [0.2, 0.25) is 11.8 Å². The normalized spacial score (nSPS) is 16.9. The summed E-state index contributed by atoms with van der Waals surface area (Å²) in [5.74, 6) is -1.22. The molecule has 29 heavy (non-hydrogen) atoms. The molecule has 0 unspecified atom stereocenters. The number of hydrogen-bond acceptors (Lipinski definition) is 2. The van der Waals surface area contributed by atoms with Crippen LogP contribution in [0.25, 0.3) is 0 Å². The highest BCUT2D eigenvalue weighted by Gasteiger charge is 2.37. The largest absolute Gasteiger partial charge is 0.416 e. The Morgan fingerprint density at radius 2 is 1.72 bits per heavy atom. The van der Waals surface area contributed by atoms with Gasteiger partial charge in [-0.2, -0.15) is 13.2 Å². The summed E-state index contributed by atoms with van der Waals surface area (Å²) in [6.07, 6.45) is -2.94. The van der Waals surface area contributed by atoms with E-state index in [1.807, 2.05) is 32.0 Å². The molecule has 2 amide bonds. The second kappa shape index (κ2) is 8.27. The van der Waals surface area contributed by atoms with E-state index in [-0.39, 0.29) is 24.6 Å². The molecule has 0 spiro atoms. The van der Waals surface area contributed by atoms with Gasteiger partial charge in [0.15, 0.2) is 0 Å². The maximum atomic E-state index is 12.9. The third kappa shape index (κ3) is 4.44. The highest BCUT2D eigenvalue weighted by molar-refractivity contribution is 6.04. The quantitative estimate of drug-likeness (QED) is 0.777. The first-order valence-corrected chi connectivity index (χ1v) is 9.63. The molecule has 0 radical (unpaired) electrons. The summed E-state index contributed by atoms with van der Waals surface area (Å²) >= 11 is 0. The molecule has 2 aromatic carbocycles. The van der Waals surface area contributed by atoms with Gasteiger partial charge in [-0.15, -0.1) is 0 Å². The van der Waals surface area contributed by atoms with Gasteiger partial charge in [0.05, 0.1) is 11.5 Å². The van der Waals surface area contributed by atoms with Crippen LogP contribution in [-0.2, 0) is 28.6 Å². The lowest BCUT2D eigenvalue weighted by Crippen LogP contribution is -2.29. The van der Waals surface area contributed by atoms with Crippen molar-refractivity contribution in [2.45, 2.75) is 39.3 Å². The highest BCUT2D eigenvalue weighted by Crippen LogP contribution is 2.34. The monoisotopic (exact) mass is 404 g/mol. The van der Waals surface area contributed by atoms with Gasteiger partial charge in [-0.1, -0.05) is 38.1 Å². The molecular weight excluding hydrogens is 381 g/mol. The maximum Gasteiger partial charge on any atom is 0.416 e. The summed E-state index contributed by atoms with van der Waals surface area (Å²) in [7, 11) is 0. The first-order chi connectivity index (χ1) is 13.7.